The Morgan fingerprint density at radius 3 is 2.65 bits per heavy atom. The van der Waals surface area contributed by atoms with E-state index in [9.17, 15) is 5.11 Å². The molecule has 5 heteroatoms. The van der Waals surface area contributed by atoms with Gasteiger partial charge in [-0.1, -0.05) is 13.0 Å². The first-order chi connectivity index (χ1) is 9.74. The summed E-state index contributed by atoms with van der Waals surface area (Å²) >= 11 is 0. The van der Waals surface area contributed by atoms with Gasteiger partial charge in [-0.15, -0.1) is 0 Å². The minimum Gasteiger partial charge on any atom is -0.486 e. The van der Waals surface area contributed by atoms with Crippen LogP contribution in [0.4, 0.5) is 0 Å². The van der Waals surface area contributed by atoms with Crippen LogP contribution in [0, 0.1) is 0 Å². The Kier molecular flexibility index (Phi) is 5.64. The molecule has 20 heavy (non-hydrogen) atoms. The van der Waals surface area contributed by atoms with Gasteiger partial charge in [0, 0.05) is 13.1 Å². The molecule has 0 amide bonds. The van der Waals surface area contributed by atoms with Crippen LogP contribution in [-0.2, 0) is 0 Å². The van der Waals surface area contributed by atoms with Crippen LogP contribution in [0.15, 0.2) is 18.2 Å². The van der Waals surface area contributed by atoms with Crippen LogP contribution in [0.2, 0.25) is 0 Å². The van der Waals surface area contributed by atoms with Crippen LogP contribution < -0.4 is 9.47 Å². The van der Waals surface area contributed by atoms with Crippen molar-refractivity contribution in [3.8, 4) is 11.5 Å². The van der Waals surface area contributed by atoms with Gasteiger partial charge in [0.05, 0.1) is 12.7 Å². The van der Waals surface area contributed by atoms with Crippen LogP contribution in [0.1, 0.15) is 25.0 Å². The van der Waals surface area contributed by atoms with Crippen molar-refractivity contribution in [1.82, 2.24) is 4.90 Å². The fourth-order valence-electron chi connectivity index (χ4n) is 2.31. The van der Waals surface area contributed by atoms with Crippen molar-refractivity contribution in [3.63, 3.8) is 0 Å². The summed E-state index contributed by atoms with van der Waals surface area (Å²) < 4.78 is 11.0. The lowest BCUT2D eigenvalue weighted by Crippen LogP contribution is -2.28. The Balaban J connectivity index is 1.93. The summed E-state index contributed by atoms with van der Waals surface area (Å²) in [5.74, 6) is 1.44. The second-order valence-corrected chi connectivity index (χ2v) is 4.87. The maximum Gasteiger partial charge on any atom is 0.161 e. The second-order valence-electron chi connectivity index (χ2n) is 4.87. The van der Waals surface area contributed by atoms with E-state index in [1.54, 1.807) is 0 Å². The van der Waals surface area contributed by atoms with E-state index in [0.29, 0.717) is 31.9 Å². The maximum atomic E-state index is 10.2. The monoisotopic (exact) mass is 281 g/mol. The molecule has 0 aliphatic carbocycles. The summed E-state index contributed by atoms with van der Waals surface area (Å²) in [7, 11) is 0. The Labute approximate surface area is 119 Å². The Morgan fingerprint density at radius 1 is 1.20 bits per heavy atom. The first-order valence-corrected chi connectivity index (χ1v) is 7.15. The van der Waals surface area contributed by atoms with Gasteiger partial charge in [-0.2, -0.15) is 0 Å². The number of likely N-dealkylation sites (N-methyl/N-ethyl adjacent to an activating group) is 1. The molecule has 1 unspecified atom stereocenters. The lowest BCUT2D eigenvalue weighted by molar-refractivity contribution is 0.132. The number of rotatable bonds is 7. The third kappa shape index (κ3) is 3.85. The third-order valence-corrected chi connectivity index (χ3v) is 3.53. The van der Waals surface area contributed by atoms with Gasteiger partial charge in [0.1, 0.15) is 13.2 Å². The summed E-state index contributed by atoms with van der Waals surface area (Å²) in [5, 5.41) is 19.2. The van der Waals surface area contributed by atoms with Crippen LogP contribution in [0.5, 0.6) is 11.5 Å². The van der Waals surface area contributed by atoms with Gasteiger partial charge in [0.25, 0.3) is 0 Å². The summed E-state index contributed by atoms with van der Waals surface area (Å²) in [5.41, 5.74) is 0.842. The predicted octanol–water partition coefficient (Wildman–Crippen LogP) is 1.20. The van der Waals surface area contributed by atoms with Crippen molar-refractivity contribution in [1.29, 1.82) is 0 Å². The standard InChI is InChI=1S/C15H23NO4/c1-2-16(7-8-17)6-5-13(18)12-3-4-14-15(11-12)20-10-9-19-14/h3-4,11,13,17-18H,2,5-10H2,1H3. The molecule has 1 aliphatic rings. The van der Waals surface area contributed by atoms with Crippen LogP contribution >= 0.6 is 0 Å². The van der Waals surface area contributed by atoms with Gasteiger partial charge < -0.3 is 24.6 Å². The third-order valence-electron chi connectivity index (χ3n) is 3.53. The summed E-state index contributed by atoms with van der Waals surface area (Å²) in [6, 6.07) is 5.57. The first kappa shape index (κ1) is 15.1. The van der Waals surface area contributed by atoms with E-state index in [1.165, 1.54) is 0 Å². The molecule has 0 aromatic heterocycles. The van der Waals surface area contributed by atoms with Gasteiger partial charge in [-0.3, -0.25) is 0 Å². The molecule has 1 aromatic rings. The number of fused-ring (bicyclic) bond motifs is 1. The topological polar surface area (TPSA) is 62.2 Å². The molecule has 5 nitrogen and oxygen atoms in total. The SMILES string of the molecule is CCN(CCO)CCC(O)c1ccc2c(c1)OCCO2. The zero-order chi connectivity index (χ0) is 14.4. The number of hydrogen-bond donors (Lipinski definition) is 2. The minimum absolute atomic E-state index is 0.147. The average Bonchev–Trinajstić information content (AvgIpc) is 2.50. The van der Waals surface area contributed by atoms with Crippen LogP contribution in [0.25, 0.3) is 0 Å². The van der Waals surface area contributed by atoms with Crippen molar-refractivity contribution in [2.75, 3.05) is 39.5 Å². The molecular weight excluding hydrogens is 258 g/mol. The second kappa shape index (κ2) is 7.47. The fourth-order valence-corrected chi connectivity index (χ4v) is 2.31. The van der Waals surface area contributed by atoms with Gasteiger partial charge >= 0.3 is 0 Å². The lowest BCUT2D eigenvalue weighted by Gasteiger charge is -2.22. The number of ether oxygens (including phenoxy) is 2. The predicted molar refractivity (Wildman–Crippen MR) is 76.2 cm³/mol. The molecule has 0 radical (unpaired) electrons. The quantitative estimate of drug-likeness (QED) is 0.786. The molecule has 1 atom stereocenters. The fraction of sp³-hybridized carbons (Fsp3) is 0.600. The number of benzene rings is 1. The highest BCUT2D eigenvalue weighted by Crippen LogP contribution is 2.33. The molecule has 0 spiro atoms. The van der Waals surface area contributed by atoms with Crippen molar-refractivity contribution in [3.05, 3.63) is 23.8 Å². The number of hydrogen-bond acceptors (Lipinski definition) is 5. The molecule has 1 aromatic carbocycles. The minimum atomic E-state index is -0.529. The molecule has 1 aliphatic heterocycles. The average molecular weight is 281 g/mol. The van der Waals surface area contributed by atoms with Crippen molar-refractivity contribution < 1.29 is 19.7 Å². The normalized spacial score (nSPS) is 15.4. The molecule has 2 rings (SSSR count). The van der Waals surface area contributed by atoms with Gasteiger partial charge in [-0.25, -0.2) is 0 Å². The van der Waals surface area contributed by atoms with Crippen molar-refractivity contribution in [2.24, 2.45) is 0 Å². The molecule has 0 saturated carbocycles. The maximum absolute atomic E-state index is 10.2. The highest BCUT2D eigenvalue weighted by Gasteiger charge is 2.16. The number of aliphatic hydroxyl groups is 2. The van der Waals surface area contributed by atoms with E-state index in [2.05, 4.69) is 4.90 Å². The molecule has 0 saturated heterocycles. The first-order valence-electron chi connectivity index (χ1n) is 7.15. The zero-order valence-electron chi connectivity index (χ0n) is 11.9. The zero-order valence-corrected chi connectivity index (χ0v) is 11.9. The van der Waals surface area contributed by atoms with E-state index >= 15 is 0 Å². The summed E-state index contributed by atoms with van der Waals surface area (Å²) in [6.07, 6.45) is 0.103. The van der Waals surface area contributed by atoms with Crippen molar-refractivity contribution >= 4 is 0 Å². The van der Waals surface area contributed by atoms with E-state index in [1.807, 2.05) is 25.1 Å². The van der Waals surface area contributed by atoms with Crippen molar-refractivity contribution in [2.45, 2.75) is 19.4 Å². The molecule has 0 bridgehead atoms. The van der Waals surface area contributed by atoms with Gasteiger partial charge in [0.15, 0.2) is 11.5 Å². The molecule has 112 valence electrons. The summed E-state index contributed by atoms with van der Waals surface area (Å²) in [4.78, 5) is 2.11. The molecule has 0 fully saturated rings. The lowest BCUT2D eigenvalue weighted by atomic mass is 10.1. The molecule has 1 heterocycles. The van der Waals surface area contributed by atoms with Crippen LogP contribution in [0.3, 0.4) is 0 Å². The number of nitrogens with zero attached hydrogens (tertiary/aromatic N) is 1. The smallest absolute Gasteiger partial charge is 0.161 e. The number of aliphatic hydroxyl groups excluding tert-OH is 2. The Hall–Kier alpha value is -1.30. The van der Waals surface area contributed by atoms with Gasteiger partial charge in [-0.05, 0) is 30.7 Å². The Bertz CT molecular complexity index is 424. The van der Waals surface area contributed by atoms with E-state index in [-0.39, 0.29) is 6.61 Å². The van der Waals surface area contributed by atoms with E-state index < -0.39 is 6.10 Å². The summed E-state index contributed by atoms with van der Waals surface area (Å²) in [6.45, 7) is 5.58. The molecular formula is C15H23NO4. The van der Waals surface area contributed by atoms with E-state index in [0.717, 1.165) is 24.4 Å². The van der Waals surface area contributed by atoms with Crippen LogP contribution in [-0.4, -0.2) is 54.6 Å². The highest BCUT2D eigenvalue weighted by atomic mass is 16.6. The Morgan fingerprint density at radius 2 is 1.95 bits per heavy atom. The van der Waals surface area contributed by atoms with Gasteiger partial charge in [0.2, 0.25) is 0 Å². The highest BCUT2D eigenvalue weighted by molar-refractivity contribution is 5.44. The van der Waals surface area contributed by atoms with E-state index in [4.69, 9.17) is 14.6 Å². The molecule has 2 N–H and O–H groups in total. The largest absolute Gasteiger partial charge is 0.486 e.